The normalized spacial score (nSPS) is 13.5. The van der Waals surface area contributed by atoms with Gasteiger partial charge in [0.25, 0.3) is 0 Å². The number of nitrogens with one attached hydrogen (secondary N) is 1. The van der Waals surface area contributed by atoms with E-state index in [4.69, 9.17) is 0 Å². The largest absolute Gasteiger partial charge is 0.394 e. The van der Waals surface area contributed by atoms with Crippen molar-refractivity contribution in [2.24, 2.45) is 0 Å². The second-order valence-electron chi connectivity index (χ2n) is 19.2. The van der Waals surface area contributed by atoms with Crippen molar-refractivity contribution in [3.63, 3.8) is 0 Å². The maximum Gasteiger partial charge on any atom is 0.222 e. The Hall–Kier alpha value is -1.17. The van der Waals surface area contributed by atoms with Gasteiger partial charge < -0.3 is 20.6 Å². The molecule has 0 aromatic heterocycles. The third-order valence-electron chi connectivity index (χ3n) is 13.0. The Labute approximate surface area is 382 Å². The fourth-order valence-corrected chi connectivity index (χ4v) is 8.79. The van der Waals surface area contributed by atoms with Gasteiger partial charge in [-0.05, 0) is 44.9 Å². The topological polar surface area (TPSA) is 89.8 Å². The van der Waals surface area contributed by atoms with Crippen LogP contribution in [0, 0.1) is 0 Å². The molecular formula is C56H109NO4. The molecule has 0 saturated heterocycles. The standard InChI is InChI=1S/C56H109NO4/c1-3-5-7-9-11-13-15-17-18-19-20-21-22-23-24-25-26-27-28-29-30-31-32-33-34-35-36-38-39-41-43-45-47-49-53(59)51-56(61)57-54(52-58)55(60)50-48-46-44-42-40-37-16-14-12-10-8-6-4-2/h22-23,25-26,53-55,58-60H,3-21,24,27-52H2,1-2H3,(H,57,61)/b23-22-,26-25-. The van der Waals surface area contributed by atoms with Crippen molar-refractivity contribution in [2.75, 3.05) is 6.61 Å². The molecule has 0 saturated carbocycles. The molecule has 0 heterocycles. The average Bonchev–Trinajstić information content (AvgIpc) is 3.25. The number of aliphatic hydroxyl groups excluding tert-OH is 3. The minimum atomic E-state index is -0.747. The molecule has 0 aromatic rings. The highest BCUT2D eigenvalue weighted by molar-refractivity contribution is 5.76. The molecule has 3 unspecified atom stereocenters. The number of allylic oxidation sites excluding steroid dienone is 4. The predicted octanol–water partition coefficient (Wildman–Crippen LogP) is 16.9. The van der Waals surface area contributed by atoms with Gasteiger partial charge in [0.1, 0.15) is 0 Å². The number of carbonyl (C=O) groups excluding carboxylic acids is 1. The highest BCUT2D eigenvalue weighted by atomic mass is 16.3. The molecule has 0 aliphatic carbocycles. The molecule has 5 heteroatoms. The first-order valence-electron chi connectivity index (χ1n) is 27.6. The summed E-state index contributed by atoms with van der Waals surface area (Å²) in [7, 11) is 0. The molecule has 0 bridgehead atoms. The first-order valence-corrected chi connectivity index (χ1v) is 27.6. The summed E-state index contributed by atoms with van der Waals surface area (Å²) in [6.45, 7) is 4.28. The minimum Gasteiger partial charge on any atom is -0.394 e. The lowest BCUT2D eigenvalue weighted by Crippen LogP contribution is -2.46. The maximum absolute atomic E-state index is 12.5. The Morgan fingerprint density at radius 2 is 0.705 bits per heavy atom. The Kier molecular flexibility index (Phi) is 50.5. The van der Waals surface area contributed by atoms with Crippen LogP contribution in [-0.2, 0) is 4.79 Å². The molecule has 3 atom stereocenters. The summed E-state index contributed by atoms with van der Waals surface area (Å²) in [4.78, 5) is 12.5. The number of rotatable bonds is 51. The zero-order valence-corrected chi connectivity index (χ0v) is 41.3. The van der Waals surface area contributed by atoms with Gasteiger partial charge in [-0.1, -0.05) is 276 Å². The van der Waals surface area contributed by atoms with Crippen LogP contribution in [0.25, 0.3) is 0 Å². The number of amides is 1. The summed E-state index contributed by atoms with van der Waals surface area (Å²) in [5, 5.41) is 33.5. The third kappa shape index (κ3) is 48.1. The number of hydrogen-bond acceptors (Lipinski definition) is 4. The Morgan fingerprint density at radius 3 is 1.03 bits per heavy atom. The molecule has 61 heavy (non-hydrogen) atoms. The van der Waals surface area contributed by atoms with Crippen LogP contribution in [0.2, 0.25) is 0 Å². The molecule has 0 fully saturated rings. The van der Waals surface area contributed by atoms with Gasteiger partial charge >= 0.3 is 0 Å². The van der Waals surface area contributed by atoms with E-state index in [0.29, 0.717) is 12.8 Å². The van der Waals surface area contributed by atoms with E-state index in [-0.39, 0.29) is 18.9 Å². The van der Waals surface area contributed by atoms with Gasteiger partial charge in [-0.3, -0.25) is 4.79 Å². The van der Waals surface area contributed by atoms with E-state index in [1.54, 1.807) is 0 Å². The summed E-state index contributed by atoms with van der Waals surface area (Å²) < 4.78 is 0. The Bertz CT molecular complexity index is 905. The van der Waals surface area contributed by atoms with Gasteiger partial charge in [0, 0.05) is 0 Å². The van der Waals surface area contributed by atoms with Crippen molar-refractivity contribution < 1.29 is 20.1 Å². The fourth-order valence-electron chi connectivity index (χ4n) is 8.79. The average molecular weight is 860 g/mol. The van der Waals surface area contributed by atoms with E-state index < -0.39 is 18.2 Å². The lowest BCUT2D eigenvalue weighted by atomic mass is 10.0. The second kappa shape index (κ2) is 51.5. The van der Waals surface area contributed by atoms with Crippen LogP contribution in [0.15, 0.2) is 24.3 Å². The van der Waals surface area contributed by atoms with E-state index in [9.17, 15) is 20.1 Å². The monoisotopic (exact) mass is 860 g/mol. The molecule has 0 rings (SSSR count). The van der Waals surface area contributed by atoms with Gasteiger partial charge in [0.05, 0.1) is 31.3 Å². The van der Waals surface area contributed by atoms with Gasteiger partial charge in [0.15, 0.2) is 0 Å². The smallest absolute Gasteiger partial charge is 0.222 e. The van der Waals surface area contributed by atoms with Crippen LogP contribution in [0.1, 0.15) is 303 Å². The highest BCUT2D eigenvalue weighted by Gasteiger charge is 2.21. The molecule has 1 amide bonds. The number of carbonyl (C=O) groups is 1. The molecule has 0 radical (unpaired) electrons. The SMILES string of the molecule is CCCCCCCCCCCCC/C=C\C/C=C\CCCCCCCCCCCCCCCCCC(O)CC(=O)NC(CO)C(O)CCCCCCCCCCCCCCC. The summed E-state index contributed by atoms with van der Waals surface area (Å²) >= 11 is 0. The second-order valence-corrected chi connectivity index (χ2v) is 19.2. The van der Waals surface area contributed by atoms with Crippen LogP contribution >= 0.6 is 0 Å². The first kappa shape index (κ1) is 59.8. The van der Waals surface area contributed by atoms with Gasteiger partial charge in [-0.2, -0.15) is 0 Å². The number of hydrogen-bond donors (Lipinski definition) is 4. The molecule has 4 N–H and O–H groups in total. The van der Waals surface area contributed by atoms with Crippen LogP contribution in [-0.4, -0.2) is 46.1 Å². The summed E-state index contributed by atoms with van der Waals surface area (Å²) in [6, 6.07) is -0.656. The molecule has 0 spiro atoms. The molecule has 0 aliphatic heterocycles. The zero-order valence-electron chi connectivity index (χ0n) is 41.3. The Balaban J connectivity index is 3.48. The molecule has 0 aromatic carbocycles. The van der Waals surface area contributed by atoms with Gasteiger partial charge in [-0.15, -0.1) is 0 Å². The van der Waals surface area contributed by atoms with Crippen LogP contribution < -0.4 is 5.32 Å². The van der Waals surface area contributed by atoms with Crippen molar-refractivity contribution in [2.45, 2.75) is 321 Å². The highest BCUT2D eigenvalue weighted by Crippen LogP contribution is 2.17. The molecule has 362 valence electrons. The van der Waals surface area contributed by atoms with Crippen molar-refractivity contribution >= 4 is 5.91 Å². The fraction of sp³-hybridized carbons (Fsp3) is 0.911. The van der Waals surface area contributed by atoms with Crippen molar-refractivity contribution in [1.29, 1.82) is 0 Å². The van der Waals surface area contributed by atoms with Crippen LogP contribution in [0.3, 0.4) is 0 Å². The molecular weight excluding hydrogens is 751 g/mol. The van der Waals surface area contributed by atoms with Crippen LogP contribution in [0.5, 0.6) is 0 Å². The molecule has 5 nitrogen and oxygen atoms in total. The van der Waals surface area contributed by atoms with E-state index in [1.165, 1.54) is 238 Å². The lowest BCUT2D eigenvalue weighted by Gasteiger charge is -2.23. The van der Waals surface area contributed by atoms with Gasteiger partial charge in [-0.25, -0.2) is 0 Å². The summed E-state index contributed by atoms with van der Waals surface area (Å²) in [5.41, 5.74) is 0. The van der Waals surface area contributed by atoms with Crippen molar-refractivity contribution in [3.05, 3.63) is 24.3 Å². The van der Waals surface area contributed by atoms with Crippen LogP contribution in [0.4, 0.5) is 0 Å². The minimum absolute atomic E-state index is 0.0390. The van der Waals surface area contributed by atoms with E-state index in [1.807, 2.05) is 0 Å². The predicted molar refractivity (Wildman–Crippen MR) is 268 cm³/mol. The van der Waals surface area contributed by atoms with Gasteiger partial charge in [0.2, 0.25) is 5.91 Å². The van der Waals surface area contributed by atoms with E-state index in [0.717, 1.165) is 32.1 Å². The number of aliphatic hydroxyl groups is 3. The third-order valence-corrected chi connectivity index (χ3v) is 13.0. The first-order chi connectivity index (χ1) is 30.0. The lowest BCUT2D eigenvalue weighted by molar-refractivity contribution is -0.125. The Morgan fingerprint density at radius 1 is 0.410 bits per heavy atom. The van der Waals surface area contributed by atoms with E-state index >= 15 is 0 Å². The zero-order chi connectivity index (χ0) is 44.4. The quantitative estimate of drug-likeness (QED) is 0.0362. The van der Waals surface area contributed by atoms with Crippen molar-refractivity contribution in [3.8, 4) is 0 Å². The molecule has 0 aliphatic rings. The summed E-state index contributed by atoms with van der Waals surface area (Å²) in [6.07, 6.45) is 64.8. The number of unbranched alkanes of at least 4 members (excludes halogenated alkanes) is 38. The van der Waals surface area contributed by atoms with Crippen molar-refractivity contribution in [1.82, 2.24) is 5.32 Å². The van der Waals surface area contributed by atoms with E-state index in [2.05, 4.69) is 43.5 Å². The maximum atomic E-state index is 12.5. The summed E-state index contributed by atoms with van der Waals surface area (Å²) in [5.74, 6) is -0.280.